The molecule has 0 saturated heterocycles. The molecule has 86 valence electrons. The van der Waals surface area contributed by atoms with E-state index in [4.69, 9.17) is 0 Å². The highest BCUT2D eigenvalue weighted by atomic mass is 14.9. The summed E-state index contributed by atoms with van der Waals surface area (Å²) in [5.74, 6) is 0.882. The topological polar surface area (TPSA) is 25.8 Å². The molecule has 0 bridgehead atoms. The molecule has 1 heterocycles. The molecule has 0 aliphatic heterocycles. The van der Waals surface area contributed by atoms with Crippen molar-refractivity contribution in [1.29, 1.82) is 0 Å². The Morgan fingerprint density at radius 1 is 1.12 bits per heavy atom. The van der Waals surface area contributed by atoms with Crippen molar-refractivity contribution in [3.05, 3.63) is 46.5 Å². The zero-order valence-corrected chi connectivity index (χ0v) is 10.5. The second-order valence-electron chi connectivity index (χ2n) is 4.66. The van der Waals surface area contributed by atoms with Crippen LogP contribution in [0.5, 0.6) is 0 Å². The highest BCUT2D eigenvalue weighted by Gasteiger charge is 2.24. The number of nitrogens with zero attached hydrogens (tertiary/aromatic N) is 2. The maximum Gasteiger partial charge on any atom is 0.125 e. The normalized spacial score (nSPS) is 12.4. The van der Waals surface area contributed by atoms with E-state index in [9.17, 15) is 0 Å². The van der Waals surface area contributed by atoms with Gasteiger partial charge >= 0.3 is 0 Å². The van der Waals surface area contributed by atoms with Gasteiger partial charge in [0.15, 0.2) is 0 Å². The Morgan fingerprint density at radius 2 is 1.94 bits per heavy atom. The van der Waals surface area contributed by atoms with Crippen LogP contribution in [0.2, 0.25) is 0 Å². The van der Waals surface area contributed by atoms with Gasteiger partial charge in [-0.1, -0.05) is 25.1 Å². The van der Waals surface area contributed by atoms with Gasteiger partial charge in [-0.25, -0.2) is 9.97 Å². The third kappa shape index (κ3) is 1.47. The molecule has 0 radical (unpaired) electrons. The van der Waals surface area contributed by atoms with Crippen LogP contribution in [0, 0.1) is 13.8 Å². The summed E-state index contributed by atoms with van der Waals surface area (Å²) in [7, 11) is 0. The fourth-order valence-electron chi connectivity index (χ4n) is 2.83. The minimum atomic E-state index is 0.882. The van der Waals surface area contributed by atoms with Crippen molar-refractivity contribution in [2.75, 3.05) is 0 Å². The van der Waals surface area contributed by atoms with Gasteiger partial charge in [-0.05, 0) is 37.0 Å². The van der Waals surface area contributed by atoms with Crippen LogP contribution in [0.4, 0.5) is 0 Å². The Kier molecular flexibility index (Phi) is 2.25. The van der Waals surface area contributed by atoms with Crippen molar-refractivity contribution in [3.8, 4) is 11.1 Å². The molecule has 0 spiro atoms. The van der Waals surface area contributed by atoms with Crippen molar-refractivity contribution < 1.29 is 0 Å². The van der Waals surface area contributed by atoms with Crippen molar-refractivity contribution >= 4 is 0 Å². The quantitative estimate of drug-likeness (QED) is 0.634. The Morgan fingerprint density at radius 3 is 2.71 bits per heavy atom. The van der Waals surface area contributed by atoms with E-state index in [1.54, 1.807) is 0 Å². The van der Waals surface area contributed by atoms with Crippen LogP contribution < -0.4 is 0 Å². The van der Waals surface area contributed by atoms with Gasteiger partial charge < -0.3 is 0 Å². The average molecular weight is 224 g/mol. The average Bonchev–Trinajstić information content (AvgIpc) is 2.66. The molecule has 0 N–H and O–H groups in total. The summed E-state index contributed by atoms with van der Waals surface area (Å²) in [4.78, 5) is 9.10. The molecule has 0 fully saturated rings. The molecule has 2 nitrogen and oxygen atoms in total. The van der Waals surface area contributed by atoms with Crippen LogP contribution >= 0.6 is 0 Å². The summed E-state index contributed by atoms with van der Waals surface area (Å²) in [5, 5.41) is 0. The van der Waals surface area contributed by atoms with Crippen LogP contribution in [0.25, 0.3) is 11.1 Å². The zero-order chi connectivity index (χ0) is 12.0. The van der Waals surface area contributed by atoms with Gasteiger partial charge in [0.05, 0.1) is 5.69 Å². The van der Waals surface area contributed by atoms with Gasteiger partial charge in [0.2, 0.25) is 0 Å². The zero-order valence-electron chi connectivity index (χ0n) is 10.5. The van der Waals surface area contributed by atoms with E-state index in [0.29, 0.717) is 0 Å². The first-order valence-electron chi connectivity index (χ1n) is 6.16. The Hall–Kier alpha value is -1.70. The fourth-order valence-corrected chi connectivity index (χ4v) is 2.83. The predicted molar refractivity (Wildman–Crippen MR) is 69.1 cm³/mol. The number of aryl methyl sites for hydroxylation is 3. The van der Waals surface area contributed by atoms with E-state index in [0.717, 1.165) is 24.4 Å². The molecular formula is C15H16N2. The Labute approximate surface area is 102 Å². The third-order valence-electron chi connectivity index (χ3n) is 3.50. The molecule has 1 aromatic carbocycles. The molecule has 1 aliphatic carbocycles. The molecule has 2 aromatic rings. The first-order chi connectivity index (χ1) is 8.20. The maximum atomic E-state index is 4.59. The smallest absolute Gasteiger partial charge is 0.125 e. The first-order valence-corrected chi connectivity index (χ1v) is 6.16. The van der Waals surface area contributed by atoms with Gasteiger partial charge in [0.25, 0.3) is 0 Å². The second-order valence-corrected chi connectivity index (χ2v) is 4.66. The molecule has 0 unspecified atom stereocenters. The van der Waals surface area contributed by atoms with E-state index < -0.39 is 0 Å². The van der Waals surface area contributed by atoms with Crippen LogP contribution in [0.1, 0.15) is 35.3 Å². The largest absolute Gasteiger partial charge is 0.238 e. The monoisotopic (exact) mass is 224 g/mol. The van der Waals surface area contributed by atoms with Gasteiger partial charge in [-0.3, -0.25) is 0 Å². The van der Waals surface area contributed by atoms with Crippen molar-refractivity contribution in [2.45, 2.75) is 33.6 Å². The standard InChI is InChI=1S/C15H16N2/c1-4-11-6-5-7-12-8-13-14(15(11)12)9(2)16-10(3)17-13/h5-7H,4,8H2,1-3H3. The van der Waals surface area contributed by atoms with Crippen molar-refractivity contribution in [3.63, 3.8) is 0 Å². The molecular weight excluding hydrogens is 208 g/mol. The number of hydrogen-bond acceptors (Lipinski definition) is 2. The van der Waals surface area contributed by atoms with Crippen molar-refractivity contribution in [2.24, 2.45) is 0 Å². The molecule has 0 amide bonds. The van der Waals surface area contributed by atoms with Gasteiger partial charge in [0, 0.05) is 17.7 Å². The highest BCUT2D eigenvalue weighted by molar-refractivity contribution is 5.79. The van der Waals surface area contributed by atoms with E-state index in [-0.39, 0.29) is 0 Å². The van der Waals surface area contributed by atoms with E-state index >= 15 is 0 Å². The summed E-state index contributed by atoms with van der Waals surface area (Å²) in [6.07, 6.45) is 2.03. The lowest BCUT2D eigenvalue weighted by Crippen LogP contribution is -1.98. The number of aromatic nitrogens is 2. The van der Waals surface area contributed by atoms with Crippen LogP contribution in [0.15, 0.2) is 18.2 Å². The lowest BCUT2D eigenvalue weighted by molar-refractivity contribution is 0.967. The van der Waals surface area contributed by atoms with Gasteiger partial charge in [-0.15, -0.1) is 0 Å². The van der Waals surface area contributed by atoms with Crippen molar-refractivity contribution in [1.82, 2.24) is 9.97 Å². The number of benzene rings is 1. The Bertz CT molecular complexity index is 600. The van der Waals surface area contributed by atoms with E-state index in [2.05, 4.69) is 42.0 Å². The highest BCUT2D eigenvalue weighted by Crippen LogP contribution is 2.39. The summed E-state index contributed by atoms with van der Waals surface area (Å²) < 4.78 is 0. The van der Waals surface area contributed by atoms with Gasteiger partial charge in [0.1, 0.15) is 5.82 Å². The Balaban J connectivity index is 2.33. The predicted octanol–water partition coefficient (Wildman–Crippen LogP) is 3.23. The molecule has 17 heavy (non-hydrogen) atoms. The first kappa shape index (κ1) is 10.5. The second kappa shape index (κ2) is 3.66. The minimum Gasteiger partial charge on any atom is -0.238 e. The molecule has 3 rings (SSSR count). The number of hydrogen-bond donors (Lipinski definition) is 0. The molecule has 0 saturated carbocycles. The SMILES string of the molecule is CCc1cccc2c1-c1c(C)nc(C)nc1C2. The summed E-state index contributed by atoms with van der Waals surface area (Å²) in [6.45, 7) is 6.27. The molecule has 0 atom stereocenters. The molecule has 1 aliphatic rings. The van der Waals surface area contributed by atoms with Crippen LogP contribution in [-0.2, 0) is 12.8 Å². The lowest BCUT2D eigenvalue weighted by atomic mass is 9.97. The van der Waals surface area contributed by atoms with E-state index in [1.807, 2.05) is 6.92 Å². The summed E-state index contributed by atoms with van der Waals surface area (Å²) in [5.41, 5.74) is 7.81. The molecule has 2 heteroatoms. The molecule has 1 aromatic heterocycles. The van der Waals surface area contributed by atoms with E-state index in [1.165, 1.54) is 27.9 Å². The minimum absolute atomic E-state index is 0.882. The van der Waals surface area contributed by atoms with Gasteiger partial charge in [-0.2, -0.15) is 0 Å². The summed E-state index contributed by atoms with van der Waals surface area (Å²) in [6, 6.07) is 6.58. The van der Waals surface area contributed by atoms with Crippen LogP contribution in [-0.4, -0.2) is 9.97 Å². The number of rotatable bonds is 1. The summed E-state index contributed by atoms with van der Waals surface area (Å²) >= 11 is 0. The maximum absolute atomic E-state index is 4.59. The fraction of sp³-hybridized carbons (Fsp3) is 0.333. The third-order valence-corrected chi connectivity index (χ3v) is 3.50. The van der Waals surface area contributed by atoms with Crippen LogP contribution in [0.3, 0.4) is 0 Å². The lowest BCUT2D eigenvalue weighted by Gasteiger charge is -2.09. The number of fused-ring (bicyclic) bond motifs is 3.